The fourth-order valence-corrected chi connectivity index (χ4v) is 7.11. The van der Waals surface area contributed by atoms with Crippen LogP contribution >= 0.6 is 11.5 Å². The smallest absolute Gasteiger partial charge is 0.224 e. The van der Waals surface area contributed by atoms with Gasteiger partial charge in [0.05, 0.1) is 0 Å². The Balaban J connectivity index is 1.29. The SMILES string of the molecule is CC1(C)CC2CC(C)(CN2C(=O)CCN(Cc2ccccc2)c2nc(Cc3ccccc3)ns2)C1. The summed E-state index contributed by atoms with van der Waals surface area (Å²) in [5, 5.41) is 0.890. The quantitative estimate of drug-likeness (QED) is 0.393. The van der Waals surface area contributed by atoms with Crippen molar-refractivity contribution in [3.63, 3.8) is 0 Å². The van der Waals surface area contributed by atoms with E-state index in [1.54, 1.807) is 0 Å². The molecule has 2 atom stereocenters. The number of hydrogen-bond donors (Lipinski definition) is 0. The van der Waals surface area contributed by atoms with Crippen molar-refractivity contribution in [2.75, 3.05) is 18.0 Å². The lowest BCUT2D eigenvalue weighted by molar-refractivity contribution is -0.132. The van der Waals surface area contributed by atoms with E-state index in [4.69, 9.17) is 4.98 Å². The summed E-state index contributed by atoms with van der Waals surface area (Å²) in [5.74, 6) is 1.12. The summed E-state index contributed by atoms with van der Waals surface area (Å²) in [5.41, 5.74) is 3.00. The van der Waals surface area contributed by atoms with Gasteiger partial charge in [-0.1, -0.05) is 81.4 Å². The Morgan fingerprint density at radius 2 is 1.71 bits per heavy atom. The second kappa shape index (κ2) is 9.73. The van der Waals surface area contributed by atoms with Crippen molar-refractivity contribution in [1.29, 1.82) is 0 Å². The van der Waals surface area contributed by atoms with Crippen LogP contribution in [-0.2, 0) is 17.8 Å². The molecule has 0 radical (unpaired) electrons. The molecule has 35 heavy (non-hydrogen) atoms. The van der Waals surface area contributed by atoms with Crippen molar-refractivity contribution in [3.8, 4) is 0 Å². The maximum atomic E-state index is 13.4. The van der Waals surface area contributed by atoms with E-state index < -0.39 is 0 Å². The molecule has 1 aliphatic heterocycles. The van der Waals surface area contributed by atoms with Gasteiger partial charge in [0.25, 0.3) is 0 Å². The molecule has 0 N–H and O–H groups in total. The lowest BCUT2D eigenvalue weighted by Crippen LogP contribution is -2.39. The Hall–Kier alpha value is -2.73. The number of anilines is 1. The molecule has 3 aromatic rings. The van der Waals surface area contributed by atoms with Crippen LogP contribution in [-0.4, -0.2) is 39.3 Å². The minimum absolute atomic E-state index is 0.261. The highest BCUT2D eigenvalue weighted by atomic mass is 32.1. The Labute approximate surface area is 213 Å². The van der Waals surface area contributed by atoms with Crippen LogP contribution < -0.4 is 4.90 Å². The van der Waals surface area contributed by atoms with Gasteiger partial charge in [0.2, 0.25) is 11.0 Å². The zero-order chi connectivity index (χ0) is 24.5. The van der Waals surface area contributed by atoms with Crippen LogP contribution in [0.4, 0.5) is 5.13 Å². The maximum Gasteiger partial charge on any atom is 0.224 e. The molecule has 2 heterocycles. The molecule has 2 fully saturated rings. The number of rotatable bonds is 8. The van der Waals surface area contributed by atoms with Crippen molar-refractivity contribution in [1.82, 2.24) is 14.3 Å². The maximum absolute atomic E-state index is 13.4. The normalized spacial score (nSPS) is 22.8. The third-order valence-electron chi connectivity index (χ3n) is 7.48. The second-order valence-corrected chi connectivity index (χ2v) is 12.3. The summed E-state index contributed by atoms with van der Waals surface area (Å²) in [6.07, 6.45) is 4.69. The van der Waals surface area contributed by atoms with Crippen LogP contribution in [0.1, 0.15) is 63.4 Å². The Kier molecular flexibility index (Phi) is 6.67. The minimum Gasteiger partial charge on any atom is -0.342 e. The first-order valence-corrected chi connectivity index (χ1v) is 13.5. The number of carbonyl (C=O) groups is 1. The summed E-state index contributed by atoms with van der Waals surface area (Å²) < 4.78 is 4.64. The van der Waals surface area contributed by atoms with Crippen molar-refractivity contribution < 1.29 is 4.79 Å². The summed E-state index contributed by atoms with van der Waals surface area (Å²) in [6.45, 7) is 9.36. The second-order valence-electron chi connectivity index (χ2n) is 11.5. The van der Waals surface area contributed by atoms with E-state index >= 15 is 0 Å². The predicted octanol–water partition coefficient (Wildman–Crippen LogP) is 5.95. The molecule has 2 aromatic carbocycles. The van der Waals surface area contributed by atoms with E-state index in [9.17, 15) is 4.79 Å². The molecule has 1 aliphatic carbocycles. The fraction of sp³-hybridized carbons (Fsp3) is 0.483. The standard InChI is InChI=1S/C29H36N4OS/c1-28(2)17-24-18-29(3,20-28)21-33(24)26(34)14-15-32(19-23-12-8-5-9-13-23)27-30-25(31-35-27)16-22-10-6-4-7-11-22/h4-13,24H,14-21H2,1-3H3. The van der Waals surface area contributed by atoms with Crippen molar-refractivity contribution in [2.45, 2.75) is 65.5 Å². The van der Waals surface area contributed by atoms with E-state index in [1.807, 2.05) is 24.3 Å². The zero-order valence-corrected chi connectivity index (χ0v) is 21.9. The fourth-order valence-electron chi connectivity index (χ4n) is 6.40. The number of benzene rings is 2. The van der Waals surface area contributed by atoms with E-state index in [0.717, 1.165) is 43.3 Å². The molecular formula is C29H36N4OS. The molecule has 0 spiro atoms. The van der Waals surface area contributed by atoms with Crippen LogP contribution in [0.5, 0.6) is 0 Å². The lowest BCUT2D eigenvalue weighted by atomic mass is 9.65. The molecule has 1 saturated carbocycles. The monoisotopic (exact) mass is 488 g/mol. The van der Waals surface area contributed by atoms with Gasteiger partial charge < -0.3 is 9.80 Å². The first-order valence-electron chi connectivity index (χ1n) is 12.7. The van der Waals surface area contributed by atoms with E-state index in [2.05, 4.69) is 71.3 Å². The van der Waals surface area contributed by atoms with E-state index in [0.29, 0.717) is 24.4 Å². The molecule has 1 saturated heterocycles. The highest BCUT2D eigenvalue weighted by Gasteiger charge is 2.50. The molecule has 5 nitrogen and oxygen atoms in total. The van der Waals surface area contributed by atoms with Gasteiger partial charge in [-0.3, -0.25) is 4.79 Å². The lowest BCUT2D eigenvalue weighted by Gasteiger charge is -2.39. The largest absolute Gasteiger partial charge is 0.342 e. The number of fused-ring (bicyclic) bond motifs is 2. The van der Waals surface area contributed by atoms with Crippen LogP contribution in [0, 0.1) is 10.8 Å². The summed E-state index contributed by atoms with van der Waals surface area (Å²) >= 11 is 1.43. The van der Waals surface area contributed by atoms with Gasteiger partial charge in [0.15, 0.2) is 0 Å². The van der Waals surface area contributed by atoms with Crippen molar-refractivity contribution in [3.05, 3.63) is 77.6 Å². The highest BCUT2D eigenvalue weighted by Crippen LogP contribution is 2.52. The van der Waals surface area contributed by atoms with Gasteiger partial charge in [-0.2, -0.15) is 4.37 Å². The topological polar surface area (TPSA) is 49.3 Å². The summed E-state index contributed by atoms with van der Waals surface area (Å²) in [4.78, 5) is 22.7. The van der Waals surface area contributed by atoms with Gasteiger partial charge in [-0.15, -0.1) is 0 Å². The third kappa shape index (κ3) is 5.75. The average Bonchev–Trinajstić information content (AvgIpc) is 3.38. The molecule has 2 unspecified atom stereocenters. The molecule has 1 amide bonds. The summed E-state index contributed by atoms with van der Waals surface area (Å²) in [7, 11) is 0. The number of carbonyl (C=O) groups excluding carboxylic acids is 1. The van der Waals surface area contributed by atoms with Gasteiger partial charge >= 0.3 is 0 Å². The van der Waals surface area contributed by atoms with Gasteiger partial charge in [0, 0.05) is 50.1 Å². The first-order chi connectivity index (χ1) is 16.8. The minimum atomic E-state index is 0.261. The van der Waals surface area contributed by atoms with E-state index in [1.165, 1.54) is 29.1 Å². The molecule has 5 rings (SSSR count). The van der Waals surface area contributed by atoms with Crippen LogP contribution in [0.25, 0.3) is 0 Å². The summed E-state index contributed by atoms with van der Waals surface area (Å²) in [6, 6.07) is 21.1. The third-order valence-corrected chi connectivity index (χ3v) is 8.29. The zero-order valence-electron chi connectivity index (χ0n) is 21.1. The van der Waals surface area contributed by atoms with Crippen molar-refractivity contribution in [2.24, 2.45) is 10.8 Å². The first kappa shape index (κ1) is 24.0. The number of likely N-dealkylation sites (tertiary alicyclic amines) is 1. The van der Waals surface area contributed by atoms with Crippen LogP contribution in [0.15, 0.2) is 60.7 Å². The van der Waals surface area contributed by atoms with Crippen LogP contribution in [0.3, 0.4) is 0 Å². The Morgan fingerprint density at radius 3 is 2.43 bits per heavy atom. The molecule has 2 bridgehead atoms. The van der Waals surface area contributed by atoms with Gasteiger partial charge in [-0.25, -0.2) is 4.98 Å². The van der Waals surface area contributed by atoms with Crippen molar-refractivity contribution >= 4 is 22.6 Å². The molecule has 184 valence electrons. The highest BCUT2D eigenvalue weighted by molar-refractivity contribution is 7.09. The average molecular weight is 489 g/mol. The number of nitrogens with zero attached hydrogens (tertiary/aromatic N) is 4. The molecule has 6 heteroatoms. The predicted molar refractivity (Wildman–Crippen MR) is 143 cm³/mol. The molecular weight excluding hydrogens is 452 g/mol. The van der Waals surface area contributed by atoms with Gasteiger partial charge in [-0.05, 0) is 41.2 Å². The van der Waals surface area contributed by atoms with Gasteiger partial charge in [0.1, 0.15) is 5.82 Å². The molecule has 2 aliphatic rings. The molecule has 1 aromatic heterocycles. The van der Waals surface area contributed by atoms with Crippen LogP contribution in [0.2, 0.25) is 0 Å². The number of amides is 1. The number of aromatic nitrogens is 2. The Morgan fingerprint density at radius 1 is 1.03 bits per heavy atom. The van der Waals surface area contributed by atoms with E-state index in [-0.39, 0.29) is 11.3 Å². The number of hydrogen-bond acceptors (Lipinski definition) is 5. The Bertz CT molecular complexity index is 1150.